The van der Waals surface area contributed by atoms with Gasteiger partial charge in [0.1, 0.15) is 0 Å². The minimum atomic E-state index is -3.55. The van der Waals surface area contributed by atoms with E-state index in [9.17, 15) is 13.5 Å². The summed E-state index contributed by atoms with van der Waals surface area (Å²) in [6.45, 7) is 3.54. The number of sulfonamides is 1. The van der Waals surface area contributed by atoms with Crippen molar-refractivity contribution in [2.45, 2.75) is 37.3 Å². The quantitative estimate of drug-likeness (QED) is 0.691. The summed E-state index contributed by atoms with van der Waals surface area (Å²) < 4.78 is 26.2. The van der Waals surface area contributed by atoms with Crippen molar-refractivity contribution in [3.05, 3.63) is 29.8 Å². The first-order valence-corrected chi connectivity index (χ1v) is 7.37. The zero-order chi connectivity index (χ0) is 13.8. The summed E-state index contributed by atoms with van der Waals surface area (Å²) in [6, 6.07) is 6.07. The second-order valence-electron chi connectivity index (χ2n) is 4.25. The molecule has 0 saturated heterocycles. The van der Waals surface area contributed by atoms with E-state index < -0.39 is 22.2 Å². The molecule has 0 spiro atoms. The molecule has 2 unspecified atom stereocenters. The third-order valence-corrected chi connectivity index (χ3v) is 4.21. The monoisotopic (exact) mass is 272 g/mol. The average molecular weight is 272 g/mol. The number of nitrogens with two attached hydrogens (primary N) is 1. The van der Waals surface area contributed by atoms with Crippen molar-refractivity contribution in [3.8, 4) is 0 Å². The maximum absolute atomic E-state index is 11.9. The lowest BCUT2D eigenvalue weighted by Crippen LogP contribution is -2.43. The van der Waals surface area contributed by atoms with Crippen molar-refractivity contribution >= 4 is 10.0 Å². The van der Waals surface area contributed by atoms with Gasteiger partial charge in [-0.05, 0) is 31.0 Å². The highest BCUT2D eigenvalue weighted by Crippen LogP contribution is 2.10. The number of aliphatic hydroxyl groups is 1. The molecule has 0 aliphatic carbocycles. The van der Waals surface area contributed by atoms with Crippen molar-refractivity contribution in [1.82, 2.24) is 4.72 Å². The Balaban J connectivity index is 2.73. The van der Waals surface area contributed by atoms with Crippen molar-refractivity contribution in [1.29, 1.82) is 0 Å². The van der Waals surface area contributed by atoms with E-state index in [4.69, 9.17) is 5.73 Å². The zero-order valence-corrected chi connectivity index (χ0v) is 11.4. The molecule has 0 aromatic heterocycles. The molecule has 0 amide bonds. The molecule has 4 N–H and O–H groups in total. The first-order chi connectivity index (χ1) is 8.36. The Morgan fingerprint density at radius 1 is 1.33 bits per heavy atom. The van der Waals surface area contributed by atoms with Crippen LogP contribution < -0.4 is 10.5 Å². The van der Waals surface area contributed by atoms with Crippen LogP contribution in [0.3, 0.4) is 0 Å². The SMILES string of the molecule is CCc1ccc(S(=O)(=O)NCC(N)C(C)O)cc1. The van der Waals surface area contributed by atoms with E-state index in [1.54, 1.807) is 24.3 Å². The van der Waals surface area contributed by atoms with Crippen LogP contribution in [0.5, 0.6) is 0 Å². The molecular formula is C12H20N2O3S. The van der Waals surface area contributed by atoms with Crippen LogP contribution in [0, 0.1) is 0 Å². The number of aryl methyl sites for hydroxylation is 1. The summed E-state index contributed by atoms with van der Waals surface area (Å²) in [6.07, 6.45) is 0.107. The Bertz CT molecular complexity index is 469. The fourth-order valence-electron chi connectivity index (χ4n) is 1.36. The van der Waals surface area contributed by atoms with E-state index in [-0.39, 0.29) is 11.4 Å². The lowest BCUT2D eigenvalue weighted by molar-refractivity contribution is 0.164. The van der Waals surface area contributed by atoms with E-state index in [2.05, 4.69) is 4.72 Å². The molecule has 1 aromatic rings. The molecule has 1 aromatic carbocycles. The predicted molar refractivity (Wildman–Crippen MR) is 70.7 cm³/mol. The topological polar surface area (TPSA) is 92.4 Å². The summed E-state index contributed by atoms with van der Waals surface area (Å²) in [7, 11) is -3.55. The molecule has 102 valence electrons. The number of nitrogens with one attached hydrogen (secondary N) is 1. The van der Waals surface area contributed by atoms with Gasteiger partial charge in [0, 0.05) is 12.6 Å². The molecule has 5 nitrogen and oxygen atoms in total. The number of hydrogen-bond donors (Lipinski definition) is 3. The summed E-state index contributed by atoms with van der Waals surface area (Å²) in [5.74, 6) is 0. The molecule has 0 bridgehead atoms. The minimum Gasteiger partial charge on any atom is -0.392 e. The fourth-order valence-corrected chi connectivity index (χ4v) is 2.44. The summed E-state index contributed by atoms with van der Waals surface area (Å²) in [5.41, 5.74) is 6.65. The molecule has 18 heavy (non-hydrogen) atoms. The predicted octanol–water partition coefficient (Wildman–Crippen LogP) is 0.235. The highest BCUT2D eigenvalue weighted by Gasteiger charge is 2.17. The molecule has 0 fully saturated rings. The van der Waals surface area contributed by atoms with Crippen LogP contribution in [0.4, 0.5) is 0 Å². The molecule has 1 rings (SSSR count). The van der Waals surface area contributed by atoms with E-state index in [0.717, 1.165) is 12.0 Å². The zero-order valence-electron chi connectivity index (χ0n) is 10.6. The van der Waals surface area contributed by atoms with Gasteiger partial charge in [0.25, 0.3) is 0 Å². The van der Waals surface area contributed by atoms with Crippen LogP contribution in [0.25, 0.3) is 0 Å². The third kappa shape index (κ3) is 4.06. The number of rotatable bonds is 6. The molecule has 0 aliphatic heterocycles. The van der Waals surface area contributed by atoms with Crippen LogP contribution in [0.2, 0.25) is 0 Å². The summed E-state index contributed by atoms with van der Waals surface area (Å²) in [5, 5.41) is 9.20. The van der Waals surface area contributed by atoms with Crippen LogP contribution in [-0.2, 0) is 16.4 Å². The smallest absolute Gasteiger partial charge is 0.240 e. The van der Waals surface area contributed by atoms with Gasteiger partial charge in [-0.15, -0.1) is 0 Å². The standard InChI is InChI=1S/C12H20N2O3S/c1-3-10-4-6-11(7-5-10)18(16,17)14-8-12(13)9(2)15/h4-7,9,12,14-15H,3,8,13H2,1-2H3. The van der Waals surface area contributed by atoms with Crippen LogP contribution >= 0.6 is 0 Å². The van der Waals surface area contributed by atoms with Gasteiger partial charge in [-0.3, -0.25) is 0 Å². The molecule has 0 saturated carbocycles. The van der Waals surface area contributed by atoms with Gasteiger partial charge in [-0.1, -0.05) is 19.1 Å². The van der Waals surface area contributed by atoms with Gasteiger partial charge in [-0.2, -0.15) is 0 Å². The molecule has 6 heteroatoms. The maximum Gasteiger partial charge on any atom is 0.240 e. The summed E-state index contributed by atoms with van der Waals surface area (Å²) in [4.78, 5) is 0.206. The van der Waals surface area contributed by atoms with Crippen LogP contribution in [0.1, 0.15) is 19.4 Å². The largest absolute Gasteiger partial charge is 0.392 e. The molecule has 2 atom stereocenters. The Morgan fingerprint density at radius 2 is 1.89 bits per heavy atom. The first kappa shape index (κ1) is 15.1. The van der Waals surface area contributed by atoms with E-state index in [0.29, 0.717) is 0 Å². The highest BCUT2D eigenvalue weighted by molar-refractivity contribution is 7.89. The third-order valence-electron chi connectivity index (χ3n) is 2.77. The van der Waals surface area contributed by atoms with Crippen molar-refractivity contribution in [3.63, 3.8) is 0 Å². The van der Waals surface area contributed by atoms with Gasteiger partial charge < -0.3 is 10.8 Å². The summed E-state index contributed by atoms with van der Waals surface area (Å²) >= 11 is 0. The first-order valence-electron chi connectivity index (χ1n) is 5.89. The lowest BCUT2D eigenvalue weighted by atomic mass is 10.2. The van der Waals surface area contributed by atoms with Crippen LogP contribution in [0.15, 0.2) is 29.2 Å². The Kier molecular flexibility index (Phi) is 5.28. The maximum atomic E-state index is 11.9. The van der Waals surface area contributed by atoms with Crippen LogP contribution in [-0.4, -0.2) is 32.2 Å². The highest BCUT2D eigenvalue weighted by atomic mass is 32.2. The molecule has 0 aliphatic rings. The normalized spacial score (nSPS) is 15.3. The lowest BCUT2D eigenvalue weighted by Gasteiger charge is -2.15. The second-order valence-corrected chi connectivity index (χ2v) is 6.02. The number of hydrogen-bond acceptors (Lipinski definition) is 4. The molecule has 0 heterocycles. The van der Waals surface area contributed by atoms with Gasteiger partial charge >= 0.3 is 0 Å². The Morgan fingerprint density at radius 3 is 2.33 bits per heavy atom. The molecular weight excluding hydrogens is 252 g/mol. The van der Waals surface area contributed by atoms with Crippen molar-refractivity contribution < 1.29 is 13.5 Å². The fraction of sp³-hybridized carbons (Fsp3) is 0.500. The number of aliphatic hydroxyl groups excluding tert-OH is 1. The van der Waals surface area contributed by atoms with E-state index in [1.807, 2.05) is 6.92 Å². The van der Waals surface area contributed by atoms with E-state index >= 15 is 0 Å². The minimum absolute atomic E-state index is 0.00945. The van der Waals surface area contributed by atoms with Gasteiger partial charge in [-0.25, -0.2) is 13.1 Å². The van der Waals surface area contributed by atoms with Gasteiger partial charge in [0.2, 0.25) is 10.0 Å². The second kappa shape index (κ2) is 6.29. The van der Waals surface area contributed by atoms with Gasteiger partial charge in [0.15, 0.2) is 0 Å². The van der Waals surface area contributed by atoms with Crippen molar-refractivity contribution in [2.24, 2.45) is 5.73 Å². The Labute approximate surface area is 108 Å². The Hall–Kier alpha value is -0.950. The van der Waals surface area contributed by atoms with Gasteiger partial charge in [0.05, 0.1) is 11.0 Å². The average Bonchev–Trinajstić information content (AvgIpc) is 2.36. The number of benzene rings is 1. The molecule has 0 radical (unpaired) electrons. The van der Waals surface area contributed by atoms with E-state index in [1.165, 1.54) is 6.92 Å². The van der Waals surface area contributed by atoms with Crippen molar-refractivity contribution in [2.75, 3.05) is 6.54 Å².